The summed E-state index contributed by atoms with van der Waals surface area (Å²) in [6.45, 7) is 6.93. The lowest BCUT2D eigenvalue weighted by atomic mass is 10.4. The predicted octanol–water partition coefficient (Wildman–Crippen LogP) is -0.876. The fourth-order valence-electron chi connectivity index (χ4n) is 1.37. The van der Waals surface area contributed by atoms with E-state index >= 15 is 0 Å². The molecule has 0 aromatic carbocycles. The Hall–Kier alpha value is -1.63. The van der Waals surface area contributed by atoms with Gasteiger partial charge in [-0.05, 0) is 13.5 Å². The van der Waals surface area contributed by atoms with Crippen molar-refractivity contribution in [2.75, 3.05) is 39.3 Å². The normalized spacial score (nSPS) is 10.1. The number of carbonyl (C=O) groups excluding carboxylic acids is 3. The molecule has 2 amide bonds. The maximum atomic E-state index is 11.6. The molecule has 2 N–H and O–H groups in total. The zero-order valence-electron chi connectivity index (χ0n) is 11.8. The van der Waals surface area contributed by atoms with Gasteiger partial charge in [-0.15, -0.1) is 0 Å². The molecule has 0 aliphatic carbocycles. The van der Waals surface area contributed by atoms with Crippen molar-refractivity contribution in [3.8, 4) is 0 Å². The second kappa shape index (κ2) is 10.3. The van der Waals surface area contributed by atoms with Crippen molar-refractivity contribution in [3.05, 3.63) is 0 Å². The summed E-state index contributed by atoms with van der Waals surface area (Å²) in [6, 6.07) is 0. The molecule has 0 spiro atoms. The second-order valence-electron chi connectivity index (χ2n) is 3.94. The first-order valence-corrected chi connectivity index (χ1v) is 6.38. The lowest BCUT2D eigenvalue weighted by Crippen LogP contribution is -2.42. The molecule has 0 aliphatic rings. The highest BCUT2D eigenvalue weighted by atomic mass is 16.5. The first kappa shape index (κ1) is 17.4. The van der Waals surface area contributed by atoms with Gasteiger partial charge in [0.25, 0.3) is 0 Å². The van der Waals surface area contributed by atoms with Crippen LogP contribution in [0, 0.1) is 0 Å². The Labute approximate surface area is 113 Å². The van der Waals surface area contributed by atoms with Gasteiger partial charge in [-0.1, -0.05) is 6.92 Å². The summed E-state index contributed by atoms with van der Waals surface area (Å²) in [7, 11) is 0. The van der Waals surface area contributed by atoms with Crippen molar-refractivity contribution in [2.45, 2.75) is 20.8 Å². The van der Waals surface area contributed by atoms with Gasteiger partial charge in [0, 0.05) is 20.0 Å². The van der Waals surface area contributed by atoms with Gasteiger partial charge in [0.2, 0.25) is 11.8 Å². The Morgan fingerprint density at radius 3 is 2.21 bits per heavy atom. The molecule has 7 nitrogen and oxygen atoms in total. The van der Waals surface area contributed by atoms with E-state index in [2.05, 4.69) is 10.6 Å². The largest absolute Gasteiger partial charge is 0.465 e. The summed E-state index contributed by atoms with van der Waals surface area (Å²) in [4.78, 5) is 35.2. The van der Waals surface area contributed by atoms with Crippen LogP contribution in [0.3, 0.4) is 0 Å². The maximum absolute atomic E-state index is 11.6. The van der Waals surface area contributed by atoms with E-state index in [9.17, 15) is 14.4 Å². The molecule has 110 valence electrons. The van der Waals surface area contributed by atoms with Gasteiger partial charge < -0.3 is 15.4 Å². The number of likely N-dealkylation sites (N-methyl/N-ethyl adjacent to an activating group) is 1. The molecule has 0 saturated carbocycles. The molecule has 7 heteroatoms. The van der Waals surface area contributed by atoms with Crippen LogP contribution in [-0.2, 0) is 19.1 Å². The molecule has 0 aromatic heterocycles. The Kier molecular flexibility index (Phi) is 9.42. The van der Waals surface area contributed by atoms with E-state index in [1.54, 1.807) is 11.8 Å². The van der Waals surface area contributed by atoms with E-state index < -0.39 is 0 Å². The van der Waals surface area contributed by atoms with Crippen molar-refractivity contribution < 1.29 is 19.1 Å². The van der Waals surface area contributed by atoms with E-state index in [1.165, 1.54) is 6.92 Å². The van der Waals surface area contributed by atoms with Crippen molar-refractivity contribution >= 4 is 17.8 Å². The number of esters is 1. The Balaban J connectivity index is 3.86. The molecule has 0 aromatic rings. The molecule has 19 heavy (non-hydrogen) atoms. The molecule has 0 radical (unpaired) electrons. The van der Waals surface area contributed by atoms with E-state index in [4.69, 9.17) is 4.74 Å². The summed E-state index contributed by atoms with van der Waals surface area (Å²) in [5.74, 6) is -0.654. The monoisotopic (exact) mass is 273 g/mol. The average molecular weight is 273 g/mol. The minimum atomic E-state index is -0.338. The van der Waals surface area contributed by atoms with E-state index in [-0.39, 0.29) is 30.9 Å². The molecule has 0 bridgehead atoms. The first-order chi connectivity index (χ1) is 8.99. The summed E-state index contributed by atoms with van der Waals surface area (Å²) in [5.41, 5.74) is 0. The zero-order valence-corrected chi connectivity index (χ0v) is 11.8. The third-order valence-electron chi connectivity index (χ3n) is 2.29. The Bertz CT molecular complexity index is 307. The van der Waals surface area contributed by atoms with Crippen LogP contribution < -0.4 is 10.6 Å². The Morgan fingerprint density at radius 1 is 1.05 bits per heavy atom. The smallest absolute Gasteiger partial charge is 0.320 e. The highest BCUT2D eigenvalue weighted by Crippen LogP contribution is 1.90. The van der Waals surface area contributed by atoms with Gasteiger partial charge in [-0.3, -0.25) is 19.3 Å². The fourth-order valence-corrected chi connectivity index (χ4v) is 1.37. The maximum Gasteiger partial charge on any atom is 0.320 e. The number of hydrogen-bond donors (Lipinski definition) is 2. The molecular weight excluding hydrogens is 250 g/mol. The second-order valence-corrected chi connectivity index (χ2v) is 3.94. The number of nitrogens with zero attached hydrogens (tertiary/aromatic N) is 1. The molecule has 0 aliphatic heterocycles. The number of rotatable bonds is 9. The number of carbonyl (C=O) groups is 3. The minimum absolute atomic E-state index is 0.101. The lowest BCUT2D eigenvalue weighted by Gasteiger charge is -2.18. The van der Waals surface area contributed by atoms with Gasteiger partial charge in [0.05, 0.1) is 19.7 Å². The van der Waals surface area contributed by atoms with Gasteiger partial charge in [0.1, 0.15) is 0 Å². The quantitative estimate of drug-likeness (QED) is 0.421. The average Bonchev–Trinajstić information content (AvgIpc) is 2.34. The number of hydrogen-bond acceptors (Lipinski definition) is 5. The summed E-state index contributed by atoms with van der Waals surface area (Å²) in [6.07, 6.45) is 0. The predicted molar refractivity (Wildman–Crippen MR) is 70.4 cm³/mol. The molecule has 0 fully saturated rings. The standard InChI is InChI=1S/C12H23N3O4/c1-4-15(9-12(18)19-5-2)8-11(17)14-7-6-13-10(3)16/h4-9H2,1-3H3,(H,13,16)(H,14,17). The SMILES string of the molecule is CCOC(=O)CN(CC)CC(=O)NCCNC(C)=O. The fraction of sp³-hybridized carbons (Fsp3) is 0.750. The third-order valence-corrected chi connectivity index (χ3v) is 2.29. The molecule has 0 unspecified atom stereocenters. The van der Waals surface area contributed by atoms with Crippen LogP contribution in [0.15, 0.2) is 0 Å². The van der Waals surface area contributed by atoms with Crippen LogP contribution >= 0.6 is 0 Å². The Morgan fingerprint density at radius 2 is 1.68 bits per heavy atom. The summed E-state index contributed by atoms with van der Waals surface area (Å²) in [5, 5.41) is 5.24. The van der Waals surface area contributed by atoms with Crippen LogP contribution in [0.4, 0.5) is 0 Å². The number of amides is 2. The number of ether oxygens (including phenoxy) is 1. The highest BCUT2D eigenvalue weighted by Gasteiger charge is 2.13. The van der Waals surface area contributed by atoms with Gasteiger partial charge in [-0.2, -0.15) is 0 Å². The van der Waals surface area contributed by atoms with Crippen LogP contribution in [-0.4, -0.2) is 62.0 Å². The summed E-state index contributed by atoms with van der Waals surface area (Å²) < 4.78 is 4.82. The molecule has 0 saturated heterocycles. The van der Waals surface area contributed by atoms with Crippen LogP contribution in [0.5, 0.6) is 0 Å². The molecular formula is C12H23N3O4. The van der Waals surface area contributed by atoms with Gasteiger partial charge in [0.15, 0.2) is 0 Å². The van der Waals surface area contributed by atoms with Crippen LogP contribution in [0.25, 0.3) is 0 Å². The van der Waals surface area contributed by atoms with Crippen LogP contribution in [0.2, 0.25) is 0 Å². The topological polar surface area (TPSA) is 87.7 Å². The van der Waals surface area contributed by atoms with Crippen molar-refractivity contribution in [3.63, 3.8) is 0 Å². The van der Waals surface area contributed by atoms with Crippen LogP contribution in [0.1, 0.15) is 20.8 Å². The van der Waals surface area contributed by atoms with Crippen molar-refractivity contribution in [1.82, 2.24) is 15.5 Å². The van der Waals surface area contributed by atoms with Crippen molar-refractivity contribution in [1.29, 1.82) is 0 Å². The molecule has 0 rings (SSSR count). The van der Waals surface area contributed by atoms with E-state index in [0.717, 1.165) is 0 Å². The third kappa shape index (κ3) is 10.0. The lowest BCUT2D eigenvalue weighted by molar-refractivity contribution is -0.144. The van der Waals surface area contributed by atoms with E-state index in [0.29, 0.717) is 26.2 Å². The summed E-state index contributed by atoms with van der Waals surface area (Å²) >= 11 is 0. The van der Waals surface area contributed by atoms with E-state index in [1.807, 2.05) is 6.92 Å². The molecule has 0 heterocycles. The van der Waals surface area contributed by atoms with Crippen molar-refractivity contribution in [2.24, 2.45) is 0 Å². The molecule has 0 atom stereocenters. The number of nitrogens with one attached hydrogen (secondary N) is 2. The minimum Gasteiger partial charge on any atom is -0.465 e. The first-order valence-electron chi connectivity index (χ1n) is 6.38. The van der Waals surface area contributed by atoms with Gasteiger partial charge in [-0.25, -0.2) is 0 Å². The van der Waals surface area contributed by atoms with Gasteiger partial charge >= 0.3 is 5.97 Å². The zero-order chi connectivity index (χ0) is 14.7. The highest BCUT2D eigenvalue weighted by molar-refractivity contribution is 5.79.